The number of aromatic nitrogens is 1. The highest BCUT2D eigenvalue weighted by Gasteiger charge is 2.27. The van der Waals surface area contributed by atoms with Crippen LogP contribution in [0, 0.1) is 11.3 Å². The van der Waals surface area contributed by atoms with Gasteiger partial charge in [0.2, 0.25) is 0 Å². The molecule has 0 radical (unpaired) electrons. The zero-order valence-corrected chi connectivity index (χ0v) is 8.61. The number of alkyl halides is 1. The molecule has 0 bridgehead atoms. The van der Waals surface area contributed by atoms with Crippen LogP contribution in [0.1, 0.15) is 5.56 Å². The number of halogens is 1. The van der Waals surface area contributed by atoms with E-state index >= 15 is 0 Å². The van der Waals surface area contributed by atoms with Crippen molar-refractivity contribution in [3.05, 3.63) is 36.2 Å². The zero-order valence-electron chi connectivity index (χ0n) is 8.61. The van der Waals surface area contributed by atoms with E-state index in [0.29, 0.717) is 28.2 Å². The van der Waals surface area contributed by atoms with E-state index in [0.717, 1.165) is 0 Å². The van der Waals surface area contributed by atoms with E-state index in [2.05, 4.69) is 11.1 Å². The van der Waals surface area contributed by atoms with Crippen LogP contribution >= 0.6 is 0 Å². The van der Waals surface area contributed by atoms with Gasteiger partial charge in [-0.15, -0.1) is 0 Å². The standard InChI is InChI=1S/C12H7FN2O2/c13-12-16-10-3-1-2-8(11(10)17-12)9-6-15-5-7(9)4-14/h1-3,5-6,12,15H. The second kappa shape index (κ2) is 3.52. The summed E-state index contributed by atoms with van der Waals surface area (Å²) in [6.07, 6.45) is 3.25. The van der Waals surface area contributed by atoms with Gasteiger partial charge >= 0.3 is 6.54 Å². The molecule has 1 unspecified atom stereocenters. The fourth-order valence-electron chi connectivity index (χ4n) is 1.84. The lowest BCUT2D eigenvalue weighted by molar-refractivity contribution is -0.0650. The van der Waals surface area contributed by atoms with E-state index in [1.807, 2.05) is 0 Å². The second-order valence-corrected chi connectivity index (χ2v) is 3.54. The second-order valence-electron chi connectivity index (χ2n) is 3.54. The maximum absolute atomic E-state index is 13.0. The Hall–Kier alpha value is -2.48. The summed E-state index contributed by atoms with van der Waals surface area (Å²) in [5.74, 6) is 0.677. The predicted octanol–water partition coefficient (Wildman–Crippen LogP) is 2.58. The molecule has 0 saturated heterocycles. The molecule has 0 aliphatic carbocycles. The number of benzene rings is 1. The molecule has 1 aromatic heterocycles. The van der Waals surface area contributed by atoms with Crippen molar-refractivity contribution in [3.8, 4) is 28.7 Å². The molecule has 84 valence electrons. The smallest absolute Gasteiger partial charge is 0.397 e. The Morgan fingerprint density at radius 3 is 2.94 bits per heavy atom. The van der Waals surface area contributed by atoms with Gasteiger partial charge in [0.05, 0.1) is 5.56 Å². The van der Waals surface area contributed by atoms with Gasteiger partial charge in [-0.2, -0.15) is 9.65 Å². The molecule has 1 N–H and O–H groups in total. The topological polar surface area (TPSA) is 58.0 Å². The molecule has 5 heteroatoms. The van der Waals surface area contributed by atoms with Crippen LogP contribution in [0.2, 0.25) is 0 Å². The van der Waals surface area contributed by atoms with Gasteiger partial charge in [-0.05, 0) is 6.07 Å². The Bertz CT molecular complexity index is 615. The number of fused-ring (bicyclic) bond motifs is 1. The van der Waals surface area contributed by atoms with E-state index in [-0.39, 0.29) is 0 Å². The highest BCUT2D eigenvalue weighted by Crippen LogP contribution is 2.43. The number of rotatable bonds is 1. The number of nitrogens with one attached hydrogen (secondary N) is 1. The Morgan fingerprint density at radius 2 is 2.12 bits per heavy atom. The lowest BCUT2D eigenvalue weighted by atomic mass is 10.0. The quantitative estimate of drug-likeness (QED) is 0.819. The largest absolute Gasteiger partial charge is 0.425 e. The number of hydrogen-bond donors (Lipinski definition) is 1. The van der Waals surface area contributed by atoms with Gasteiger partial charge in [0.25, 0.3) is 0 Å². The number of nitriles is 1. The third-order valence-corrected chi connectivity index (χ3v) is 2.57. The normalized spacial score (nSPS) is 16.8. The van der Waals surface area contributed by atoms with E-state index < -0.39 is 6.54 Å². The molecule has 1 aromatic carbocycles. The number of aromatic amines is 1. The number of nitrogens with zero attached hydrogens (tertiary/aromatic N) is 1. The van der Waals surface area contributed by atoms with Crippen LogP contribution in [0.4, 0.5) is 4.39 Å². The predicted molar refractivity (Wildman–Crippen MR) is 57.1 cm³/mol. The fraction of sp³-hybridized carbons (Fsp3) is 0.0833. The first-order chi connectivity index (χ1) is 8.29. The summed E-state index contributed by atoms with van der Waals surface area (Å²) in [4.78, 5) is 2.84. The summed E-state index contributed by atoms with van der Waals surface area (Å²) in [6, 6.07) is 7.16. The maximum Gasteiger partial charge on any atom is 0.397 e. The highest BCUT2D eigenvalue weighted by molar-refractivity contribution is 5.78. The third-order valence-electron chi connectivity index (χ3n) is 2.57. The first-order valence-corrected chi connectivity index (χ1v) is 4.97. The fourth-order valence-corrected chi connectivity index (χ4v) is 1.84. The summed E-state index contributed by atoms with van der Waals surface area (Å²) in [6.45, 7) is -1.78. The van der Waals surface area contributed by atoms with Crippen LogP contribution in [0.5, 0.6) is 11.5 Å². The van der Waals surface area contributed by atoms with Crippen molar-refractivity contribution < 1.29 is 13.9 Å². The molecule has 0 amide bonds. The van der Waals surface area contributed by atoms with Gasteiger partial charge in [0.15, 0.2) is 11.5 Å². The molecule has 0 saturated carbocycles. The SMILES string of the molecule is N#Cc1c[nH]cc1-c1cccc2c1OC(F)O2. The van der Waals surface area contributed by atoms with Crippen molar-refractivity contribution in [2.24, 2.45) is 0 Å². The lowest BCUT2D eigenvalue weighted by Crippen LogP contribution is -2.09. The molecular formula is C12H7FN2O2. The van der Waals surface area contributed by atoms with Gasteiger partial charge in [-0.1, -0.05) is 12.1 Å². The minimum atomic E-state index is -1.78. The molecule has 1 atom stereocenters. The third kappa shape index (κ3) is 1.42. The van der Waals surface area contributed by atoms with Gasteiger partial charge < -0.3 is 14.5 Å². The van der Waals surface area contributed by atoms with Crippen LogP contribution in [-0.4, -0.2) is 11.5 Å². The molecule has 2 heterocycles. The van der Waals surface area contributed by atoms with Crippen LogP contribution in [0.15, 0.2) is 30.6 Å². The monoisotopic (exact) mass is 230 g/mol. The van der Waals surface area contributed by atoms with Gasteiger partial charge in [0.1, 0.15) is 6.07 Å². The number of H-pyrrole nitrogens is 1. The average molecular weight is 230 g/mol. The Morgan fingerprint density at radius 1 is 1.24 bits per heavy atom. The number of ether oxygens (including phenoxy) is 2. The molecule has 3 rings (SSSR count). The molecule has 0 spiro atoms. The van der Waals surface area contributed by atoms with Crippen LogP contribution in [-0.2, 0) is 0 Å². The van der Waals surface area contributed by atoms with Crippen molar-refractivity contribution in [1.29, 1.82) is 5.26 Å². The Balaban J connectivity index is 2.18. The zero-order chi connectivity index (χ0) is 11.8. The van der Waals surface area contributed by atoms with Gasteiger partial charge in [-0.3, -0.25) is 0 Å². The minimum Gasteiger partial charge on any atom is -0.425 e. The molecule has 2 aromatic rings. The number of para-hydroxylation sites is 1. The van der Waals surface area contributed by atoms with Crippen molar-refractivity contribution >= 4 is 0 Å². The summed E-state index contributed by atoms with van der Waals surface area (Å²) >= 11 is 0. The molecule has 1 aliphatic heterocycles. The first kappa shape index (κ1) is 9.73. The van der Waals surface area contributed by atoms with Crippen molar-refractivity contribution in [2.45, 2.75) is 6.54 Å². The van der Waals surface area contributed by atoms with Crippen molar-refractivity contribution in [3.63, 3.8) is 0 Å². The molecule has 1 aliphatic rings. The minimum absolute atomic E-state index is 0.330. The summed E-state index contributed by atoms with van der Waals surface area (Å²) in [5, 5.41) is 8.95. The van der Waals surface area contributed by atoms with E-state index in [4.69, 9.17) is 14.7 Å². The van der Waals surface area contributed by atoms with E-state index in [1.54, 1.807) is 30.6 Å². The Labute approximate surface area is 96.2 Å². The molecule has 4 nitrogen and oxygen atoms in total. The highest BCUT2D eigenvalue weighted by atomic mass is 19.2. The van der Waals surface area contributed by atoms with E-state index in [1.165, 1.54) is 0 Å². The van der Waals surface area contributed by atoms with E-state index in [9.17, 15) is 4.39 Å². The molecule has 0 fully saturated rings. The average Bonchev–Trinajstić information content (AvgIpc) is 2.92. The first-order valence-electron chi connectivity index (χ1n) is 4.97. The van der Waals surface area contributed by atoms with Gasteiger partial charge in [-0.25, -0.2) is 0 Å². The van der Waals surface area contributed by atoms with Gasteiger partial charge in [0, 0.05) is 23.5 Å². The summed E-state index contributed by atoms with van der Waals surface area (Å²) in [7, 11) is 0. The lowest BCUT2D eigenvalue weighted by Gasteiger charge is -2.03. The summed E-state index contributed by atoms with van der Waals surface area (Å²) < 4.78 is 22.8. The molecule has 17 heavy (non-hydrogen) atoms. The Kier molecular flexibility index (Phi) is 2.02. The number of hydrogen-bond acceptors (Lipinski definition) is 3. The molecular weight excluding hydrogens is 223 g/mol. The maximum atomic E-state index is 13.0. The van der Waals surface area contributed by atoms with Crippen molar-refractivity contribution in [2.75, 3.05) is 0 Å². The van der Waals surface area contributed by atoms with Crippen LogP contribution in [0.25, 0.3) is 11.1 Å². The van der Waals surface area contributed by atoms with Crippen molar-refractivity contribution in [1.82, 2.24) is 4.98 Å². The van der Waals surface area contributed by atoms with Crippen LogP contribution in [0.3, 0.4) is 0 Å². The summed E-state index contributed by atoms with van der Waals surface area (Å²) in [5.41, 5.74) is 1.78. The van der Waals surface area contributed by atoms with Crippen LogP contribution < -0.4 is 9.47 Å².